The number of hydrogen-bond donors (Lipinski definition) is 6. The molecule has 19 heteroatoms. The average molecular weight is 902 g/mol. The number of anilines is 6. The number of methoxy groups -OCH3 is 1. The number of piperidine rings is 1. The number of fused-ring (bicyclic) bond motifs is 3. The minimum absolute atomic E-state index is 0.0848. The van der Waals surface area contributed by atoms with Crippen molar-refractivity contribution in [2.75, 3.05) is 61.7 Å². The minimum Gasteiger partial charge on any atom is -0.495 e. The zero-order chi connectivity index (χ0) is 46.5. The number of nitrogens with one attached hydrogen (secondary N) is 6. The number of imide groups is 1. The van der Waals surface area contributed by atoms with Crippen LogP contribution in [0.1, 0.15) is 83.2 Å². The molecule has 1 fully saturated rings. The topological polar surface area (TPSA) is 223 Å². The summed E-state index contributed by atoms with van der Waals surface area (Å²) in [7, 11) is 4.61. The molecule has 5 heterocycles. The van der Waals surface area contributed by atoms with E-state index in [4.69, 9.17) is 4.74 Å². The Labute approximate surface area is 380 Å². The lowest BCUT2D eigenvalue weighted by molar-refractivity contribution is -0.137. The zero-order valence-corrected chi connectivity index (χ0v) is 37.0. The second-order valence-corrected chi connectivity index (χ2v) is 16.5. The van der Waals surface area contributed by atoms with Crippen LogP contribution in [0, 0.1) is 5.82 Å². The van der Waals surface area contributed by atoms with Gasteiger partial charge in [0.25, 0.3) is 11.8 Å². The summed E-state index contributed by atoms with van der Waals surface area (Å²) in [5.74, 6) is -1.59. The Morgan fingerprint density at radius 1 is 0.939 bits per heavy atom. The number of likely N-dealkylation sites (N-methyl/N-ethyl adjacent to an activating group) is 1. The summed E-state index contributed by atoms with van der Waals surface area (Å²) in [6, 6.07) is 14.6. The normalized spacial score (nSPS) is 15.3. The molecule has 8 rings (SSSR count). The maximum absolute atomic E-state index is 14.8. The summed E-state index contributed by atoms with van der Waals surface area (Å²) in [6.45, 7) is 1.36. The predicted molar refractivity (Wildman–Crippen MR) is 246 cm³/mol. The van der Waals surface area contributed by atoms with E-state index in [1.165, 1.54) is 24.1 Å². The molecule has 0 bridgehead atoms. The largest absolute Gasteiger partial charge is 0.495 e. The maximum Gasteiger partial charge on any atom is 0.256 e. The number of hydrogen-bond acceptors (Lipinski definition) is 12. The van der Waals surface area contributed by atoms with E-state index in [9.17, 15) is 33.2 Å². The quantitative estimate of drug-likeness (QED) is 0.0473. The average Bonchev–Trinajstić information content (AvgIpc) is 4.04. The molecular weight excluding hydrogens is 850 g/mol. The van der Waals surface area contributed by atoms with Gasteiger partial charge >= 0.3 is 0 Å². The van der Waals surface area contributed by atoms with Crippen LogP contribution < -0.4 is 36.2 Å². The highest BCUT2D eigenvalue weighted by molar-refractivity contribution is 6.06. The maximum atomic E-state index is 14.8. The van der Waals surface area contributed by atoms with E-state index in [-0.39, 0.29) is 53.8 Å². The first-order valence-corrected chi connectivity index (χ1v) is 22.1. The van der Waals surface area contributed by atoms with E-state index >= 15 is 0 Å². The molecule has 66 heavy (non-hydrogen) atoms. The molecule has 6 N–H and O–H groups in total. The van der Waals surface area contributed by atoms with E-state index in [1.54, 1.807) is 54.4 Å². The highest BCUT2D eigenvalue weighted by atomic mass is 19.1. The van der Waals surface area contributed by atoms with Gasteiger partial charge in [-0.25, -0.2) is 4.39 Å². The van der Waals surface area contributed by atoms with Crippen molar-refractivity contribution in [3.63, 3.8) is 0 Å². The van der Waals surface area contributed by atoms with E-state index in [0.29, 0.717) is 84.9 Å². The first-order valence-electron chi connectivity index (χ1n) is 22.1. The highest BCUT2D eigenvalue weighted by Crippen LogP contribution is 2.39. The molecule has 5 aromatic rings. The van der Waals surface area contributed by atoms with Gasteiger partial charge in [0.2, 0.25) is 29.6 Å². The molecule has 3 aliphatic heterocycles. The fraction of sp³-hybridized carbons (Fsp3) is 0.362. The molecule has 0 radical (unpaired) electrons. The Hall–Kier alpha value is -7.57. The Kier molecular flexibility index (Phi) is 13.4. The Balaban J connectivity index is 0.810. The number of H-pyrrole nitrogens is 1. The SMILES string of the molecule is CNC(=O)c1c(F)cccc1Nc1nc(Nc2cc3c(cc2OC)CCN3C(=O)CN(C)C(=O)CCCCCCCNc2cccc3c2CN(C2CCC(=O)NC2=O)C3=O)nc2[nH]ccc12. The molecule has 18 nitrogen and oxygen atoms in total. The van der Waals surface area contributed by atoms with Gasteiger partial charge in [0.1, 0.15) is 29.1 Å². The van der Waals surface area contributed by atoms with Gasteiger partial charge in [0, 0.05) is 75.3 Å². The molecule has 1 unspecified atom stereocenters. The van der Waals surface area contributed by atoms with E-state index in [0.717, 1.165) is 42.5 Å². The number of halogens is 1. The van der Waals surface area contributed by atoms with Crippen LogP contribution in [0.2, 0.25) is 0 Å². The number of carbonyl (C=O) groups is 6. The standard InChI is InChI=1S/C47H52FN11O7/c1-49-45(64)41-31(48)12-10-14-33(41)52-43-29-18-21-51-42(29)55-47(56-43)53-34-24-36-27(23-37(34)66-3)19-22-58(36)40(62)26-57(2)39(61)15-7-5-4-6-8-20-50-32-13-9-11-28-30(32)25-59(46(28)65)35-16-17-38(60)54-44(35)63/h9-14,18,21,23-24,35,50H,4-8,15-17,19-20,22,25-26H2,1-3H3,(H,49,64)(H,54,60,63)(H3,51,52,53,55,56). The Morgan fingerprint density at radius 3 is 2.53 bits per heavy atom. The first kappa shape index (κ1) is 45.0. The molecule has 1 saturated heterocycles. The third kappa shape index (κ3) is 9.45. The molecule has 3 aliphatic rings. The zero-order valence-electron chi connectivity index (χ0n) is 37.0. The summed E-state index contributed by atoms with van der Waals surface area (Å²) >= 11 is 0. The van der Waals surface area contributed by atoms with Crippen LogP contribution >= 0.6 is 0 Å². The molecule has 344 valence electrons. The van der Waals surface area contributed by atoms with Crippen LogP contribution in [0.5, 0.6) is 5.75 Å². The number of amides is 6. The van der Waals surface area contributed by atoms with Crippen LogP contribution in [-0.2, 0) is 32.1 Å². The third-order valence-electron chi connectivity index (χ3n) is 12.2. The molecular formula is C47H52FN11O7. The number of carbonyl (C=O) groups excluding carboxylic acids is 6. The van der Waals surface area contributed by atoms with Crippen molar-refractivity contribution in [1.29, 1.82) is 0 Å². The number of unbranched alkanes of at least 4 members (excludes halogenated alkanes) is 4. The van der Waals surface area contributed by atoms with Crippen molar-refractivity contribution in [1.82, 2.24) is 35.4 Å². The summed E-state index contributed by atoms with van der Waals surface area (Å²) < 4.78 is 20.5. The fourth-order valence-corrected chi connectivity index (χ4v) is 8.74. The molecule has 6 amide bonds. The van der Waals surface area contributed by atoms with Crippen molar-refractivity contribution in [2.24, 2.45) is 0 Å². The van der Waals surface area contributed by atoms with Gasteiger partial charge in [0.15, 0.2) is 0 Å². The Morgan fingerprint density at radius 2 is 1.73 bits per heavy atom. The first-order chi connectivity index (χ1) is 31.9. The van der Waals surface area contributed by atoms with Crippen molar-refractivity contribution >= 4 is 81.0 Å². The third-order valence-corrected chi connectivity index (χ3v) is 12.2. The van der Waals surface area contributed by atoms with Gasteiger partial charge in [-0.05, 0) is 73.7 Å². The van der Waals surface area contributed by atoms with Crippen molar-refractivity contribution in [3.05, 3.63) is 88.9 Å². The smallest absolute Gasteiger partial charge is 0.256 e. The van der Waals surface area contributed by atoms with E-state index < -0.39 is 23.7 Å². The van der Waals surface area contributed by atoms with Gasteiger partial charge in [-0.15, -0.1) is 0 Å². The lowest BCUT2D eigenvalue weighted by Crippen LogP contribution is -2.52. The number of aromatic nitrogens is 3. The van der Waals surface area contributed by atoms with Crippen LogP contribution in [0.4, 0.5) is 38.9 Å². The molecule has 3 aromatic carbocycles. The summed E-state index contributed by atoms with van der Waals surface area (Å²) in [4.78, 5) is 93.7. The van der Waals surface area contributed by atoms with Gasteiger partial charge < -0.3 is 45.7 Å². The second kappa shape index (κ2) is 19.7. The second-order valence-electron chi connectivity index (χ2n) is 16.5. The molecule has 0 aliphatic carbocycles. The molecule has 2 aromatic heterocycles. The van der Waals surface area contributed by atoms with Gasteiger partial charge in [-0.1, -0.05) is 31.4 Å². The molecule has 0 saturated carbocycles. The van der Waals surface area contributed by atoms with E-state index in [2.05, 4.69) is 41.5 Å². The van der Waals surface area contributed by atoms with Crippen molar-refractivity contribution in [2.45, 2.75) is 70.4 Å². The monoisotopic (exact) mass is 901 g/mol. The summed E-state index contributed by atoms with van der Waals surface area (Å²) in [6.07, 6.45) is 7.47. The fourth-order valence-electron chi connectivity index (χ4n) is 8.74. The van der Waals surface area contributed by atoms with Crippen LogP contribution in [-0.4, -0.2) is 107 Å². The van der Waals surface area contributed by atoms with Crippen molar-refractivity contribution < 1.29 is 37.9 Å². The molecule has 0 spiro atoms. The van der Waals surface area contributed by atoms with Crippen LogP contribution in [0.25, 0.3) is 11.0 Å². The van der Waals surface area contributed by atoms with Crippen LogP contribution in [0.15, 0.2) is 60.8 Å². The Bertz CT molecular complexity index is 2720. The number of aromatic amines is 1. The van der Waals surface area contributed by atoms with Gasteiger partial charge in [-0.2, -0.15) is 9.97 Å². The number of rotatable bonds is 18. The lowest BCUT2D eigenvalue weighted by Gasteiger charge is -2.29. The number of benzene rings is 3. The highest BCUT2D eigenvalue weighted by Gasteiger charge is 2.40. The minimum atomic E-state index is -0.693. The number of ether oxygens (including phenoxy) is 1. The van der Waals surface area contributed by atoms with Crippen LogP contribution in [0.3, 0.4) is 0 Å². The lowest BCUT2D eigenvalue weighted by atomic mass is 10.0. The van der Waals surface area contributed by atoms with Gasteiger partial charge in [-0.3, -0.25) is 34.1 Å². The summed E-state index contributed by atoms with van der Waals surface area (Å²) in [5.41, 5.74) is 4.88. The van der Waals surface area contributed by atoms with E-state index in [1.807, 2.05) is 18.2 Å². The van der Waals surface area contributed by atoms with Gasteiger partial charge in [0.05, 0.1) is 36.0 Å². The van der Waals surface area contributed by atoms with Crippen molar-refractivity contribution in [3.8, 4) is 5.75 Å². The number of nitrogens with zero attached hydrogens (tertiary/aromatic N) is 5. The summed E-state index contributed by atoms with van der Waals surface area (Å²) in [5, 5.41) is 15.2. The predicted octanol–water partition coefficient (Wildman–Crippen LogP) is 5.51. The molecule has 1 atom stereocenters.